The van der Waals surface area contributed by atoms with Crippen LogP contribution >= 0.6 is 12.4 Å². The number of carbonyl (C=O) groups is 1. The van der Waals surface area contributed by atoms with Crippen molar-refractivity contribution in [3.63, 3.8) is 0 Å². The fourth-order valence-corrected chi connectivity index (χ4v) is 1.48. The van der Waals surface area contributed by atoms with E-state index in [1.807, 2.05) is 0 Å². The Morgan fingerprint density at radius 1 is 1.33 bits per heavy atom. The topological polar surface area (TPSA) is 92.9 Å². The summed E-state index contributed by atoms with van der Waals surface area (Å²) >= 11 is 0. The van der Waals surface area contributed by atoms with Gasteiger partial charge in [-0.05, 0) is 25.1 Å². The molecule has 0 fully saturated rings. The molecule has 1 atom stereocenters. The quantitative estimate of drug-likeness (QED) is 0.803. The van der Waals surface area contributed by atoms with E-state index in [1.54, 1.807) is 6.92 Å². The van der Waals surface area contributed by atoms with Gasteiger partial charge in [-0.3, -0.25) is 9.78 Å². The summed E-state index contributed by atoms with van der Waals surface area (Å²) < 4.78 is 13.3. The van der Waals surface area contributed by atoms with Crippen LogP contribution in [0.25, 0.3) is 0 Å². The molecule has 6 nitrogen and oxygen atoms in total. The third-order valence-electron chi connectivity index (χ3n) is 2.48. The Kier molecular flexibility index (Phi) is 6.01. The molecular weight excluding hydrogens is 297 g/mol. The lowest BCUT2D eigenvalue weighted by Crippen LogP contribution is -2.32. The maximum Gasteiger partial charge on any atom is 0.241 e. The molecule has 0 spiro atoms. The van der Waals surface area contributed by atoms with E-state index in [4.69, 9.17) is 5.73 Å². The van der Waals surface area contributed by atoms with E-state index in [-0.39, 0.29) is 18.3 Å². The van der Waals surface area contributed by atoms with Crippen molar-refractivity contribution in [3.8, 4) is 0 Å². The van der Waals surface area contributed by atoms with Crippen molar-refractivity contribution in [1.82, 2.24) is 9.97 Å². The van der Waals surface area contributed by atoms with E-state index in [0.717, 1.165) is 0 Å². The number of rotatable bonds is 4. The van der Waals surface area contributed by atoms with Crippen molar-refractivity contribution in [1.29, 1.82) is 0 Å². The molecule has 0 aliphatic heterocycles. The van der Waals surface area contributed by atoms with Crippen LogP contribution in [0.1, 0.15) is 6.92 Å². The lowest BCUT2D eigenvalue weighted by molar-refractivity contribution is -0.117. The molecule has 2 rings (SSSR count). The highest BCUT2D eigenvalue weighted by Gasteiger charge is 2.11. The minimum absolute atomic E-state index is 0. The first kappa shape index (κ1) is 16.8. The number of aromatic nitrogens is 2. The molecule has 0 radical (unpaired) electrons. The van der Waals surface area contributed by atoms with Crippen molar-refractivity contribution in [2.24, 2.45) is 5.73 Å². The summed E-state index contributed by atoms with van der Waals surface area (Å²) in [5.74, 6) is -0.358. The van der Waals surface area contributed by atoms with Gasteiger partial charge in [0.1, 0.15) is 11.6 Å². The molecule has 0 unspecified atom stereocenters. The molecule has 1 aromatic heterocycles. The van der Waals surface area contributed by atoms with E-state index in [2.05, 4.69) is 20.6 Å². The van der Waals surface area contributed by atoms with Crippen LogP contribution in [-0.4, -0.2) is 21.9 Å². The van der Waals surface area contributed by atoms with Crippen LogP contribution in [0, 0.1) is 5.82 Å². The number of nitrogens with zero attached hydrogens (tertiary/aromatic N) is 2. The molecule has 0 saturated heterocycles. The number of hydrogen-bond acceptors (Lipinski definition) is 5. The normalized spacial score (nSPS) is 11.2. The predicted octanol–water partition coefficient (Wildman–Crippen LogP) is 2.07. The third-order valence-corrected chi connectivity index (χ3v) is 2.48. The van der Waals surface area contributed by atoms with Gasteiger partial charge in [0.15, 0.2) is 0 Å². The number of hydrogen-bond donors (Lipinski definition) is 3. The first-order valence-electron chi connectivity index (χ1n) is 5.95. The molecular formula is C13H15ClFN5O. The van der Waals surface area contributed by atoms with Gasteiger partial charge in [-0.25, -0.2) is 9.37 Å². The summed E-state index contributed by atoms with van der Waals surface area (Å²) in [5, 5.41) is 5.50. The molecule has 21 heavy (non-hydrogen) atoms. The van der Waals surface area contributed by atoms with Crippen molar-refractivity contribution >= 4 is 35.5 Å². The van der Waals surface area contributed by atoms with Crippen LogP contribution in [0.5, 0.6) is 0 Å². The maximum atomic E-state index is 13.3. The Hall–Kier alpha value is -2.25. The van der Waals surface area contributed by atoms with Gasteiger partial charge >= 0.3 is 0 Å². The van der Waals surface area contributed by atoms with Gasteiger partial charge in [-0.15, -0.1) is 12.4 Å². The lowest BCUT2D eigenvalue weighted by Gasteiger charge is -2.13. The number of nitrogens with two attached hydrogens (primary N) is 1. The summed E-state index contributed by atoms with van der Waals surface area (Å²) in [7, 11) is 0. The highest BCUT2D eigenvalue weighted by molar-refractivity contribution is 5.97. The Morgan fingerprint density at radius 2 is 2.10 bits per heavy atom. The molecule has 1 amide bonds. The van der Waals surface area contributed by atoms with Gasteiger partial charge in [0, 0.05) is 12.4 Å². The summed E-state index contributed by atoms with van der Waals surface area (Å²) in [6.07, 6.45) is 4.51. The second kappa shape index (κ2) is 7.51. The summed E-state index contributed by atoms with van der Waals surface area (Å²) in [6, 6.07) is 3.29. The second-order valence-electron chi connectivity index (χ2n) is 4.18. The van der Waals surface area contributed by atoms with Gasteiger partial charge in [0.2, 0.25) is 5.91 Å². The molecule has 112 valence electrons. The number of anilines is 3. The SMILES string of the molecule is C[C@H](N)C(=O)Nc1ccc(F)cc1Nc1cnccn1.Cl. The number of carbonyl (C=O) groups excluding carboxylic acids is 1. The van der Waals surface area contributed by atoms with Gasteiger partial charge in [-0.2, -0.15) is 0 Å². The first-order valence-corrected chi connectivity index (χ1v) is 5.95. The van der Waals surface area contributed by atoms with Crippen LogP contribution in [0.3, 0.4) is 0 Å². The third kappa shape index (κ3) is 4.66. The largest absolute Gasteiger partial charge is 0.337 e. The molecule has 0 aliphatic rings. The van der Waals surface area contributed by atoms with E-state index in [1.165, 1.54) is 36.8 Å². The number of benzene rings is 1. The molecule has 4 N–H and O–H groups in total. The predicted molar refractivity (Wildman–Crippen MR) is 81.2 cm³/mol. The van der Waals surface area contributed by atoms with Gasteiger partial charge < -0.3 is 16.4 Å². The molecule has 1 aromatic carbocycles. The Balaban J connectivity index is 0.00000220. The van der Waals surface area contributed by atoms with Crippen LogP contribution in [-0.2, 0) is 4.79 Å². The fourth-order valence-electron chi connectivity index (χ4n) is 1.48. The van der Waals surface area contributed by atoms with Crippen LogP contribution < -0.4 is 16.4 Å². The lowest BCUT2D eigenvalue weighted by atomic mass is 10.2. The smallest absolute Gasteiger partial charge is 0.241 e. The van der Waals surface area contributed by atoms with E-state index in [9.17, 15) is 9.18 Å². The highest BCUT2D eigenvalue weighted by Crippen LogP contribution is 2.25. The minimum atomic E-state index is -0.663. The van der Waals surface area contributed by atoms with Crippen LogP contribution in [0.15, 0.2) is 36.8 Å². The first-order chi connectivity index (χ1) is 9.56. The molecule has 2 aromatic rings. The van der Waals surface area contributed by atoms with E-state index < -0.39 is 11.9 Å². The Labute approximate surface area is 127 Å². The Bertz CT molecular complexity index is 609. The Morgan fingerprint density at radius 3 is 2.71 bits per heavy atom. The molecule has 8 heteroatoms. The van der Waals surface area contributed by atoms with Crippen molar-refractivity contribution in [2.75, 3.05) is 10.6 Å². The number of halogens is 2. The zero-order valence-corrected chi connectivity index (χ0v) is 12.0. The maximum absolute atomic E-state index is 13.3. The average Bonchev–Trinajstić information content (AvgIpc) is 2.42. The average molecular weight is 312 g/mol. The van der Waals surface area contributed by atoms with E-state index >= 15 is 0 Å². The minimum Gasteiger partial charge on any atom is -0.337 e. The van der Waals surface area contributed by atoms with Crippen molar-refractivity contribution in [3.05, 3.63) is 42.6 Å². The number of nitrogens with one attached hydrogen (secondary N) is 2. The van der Waals surface area contributed by atoms with Crippen LogP contribution in [0.2, 0.25) is 0 Å². The molecule has 1 heterocycles. The molecule has 0 bridgehead atoms. The fraction of sp³-hybridized carbons (Fsp3) is 0.154. The van der Waals surface area contributed by atoms with Crippen LogP contribution in [0.4, 0.5) is 21.6 Å². The summed E-state index contributed by atoms with van der Waals surface area (Å²) in [6.45, 7) is 1.56. The van der Waals surface area contributed by atoms with Gasteiger partial charge in [0.05, 0.1) is 23.6 Å². The highest BCUT2D eigenvalue weighted by atomic mass is 35.5. The van der Waals surface area contributed by atoms with Crippen molar-refractivity contribution in [2.45, 2.75) is 13.0 Å². The summed E-state index contributed by atoms with van der Waals surface area (Å²) in [4.78, 5) is 19.5. The second-order valence-corrected chi connectivity index (χ2v) is 4.18. The molecule has 0 aliphatic carbocycles. The standard InChI is InChI=1S/C13H14FN5O.ClH/c1-8(15)13(20)19-10-3-2-9(14)6-11(10)18-12-7-16-4-5-17-12;/h2-8H,15H2,1H3,(H,17,18)(H,19,20);1H/t8-;/m0./s1. The zero-order chi connectivity index (χ0) is 14.5. The zero-order valence-electron chi connectivity index (χ0n) is 11.2. The van der Waals surface area contributed by atoms with Gasteiger partial charge in [-0.1, -0.05) is 0 Å². The molecule has 0 saturated carbocycles. The van der Waals surface area contributed by atoms with Gasteiger partial charge in [0.25, 0.3) is 0 Å². The summed E-state index contributed by atoms with van der Waals surface area (Å²) in [5.41, 5.74) is 6.28. The van der Waals surface area contributed by atoms with Crippen molar-refractivity contribution < 1.29 is 9.18 Å². The van der Waals surface area contributed by atoms with E-state index in [0.29, 0.717) is 17.2 Å². The number of amides is 1. The monoisotopic (exact) mass is 311 g/mol.